The summed E-state index contributed by atoms with van der Waals surface area (Å²) in [6.45, 7) is 9.54. The fourth-order valence-corrected chi connectivity index (χ4v) is 5.97. The zero-order valence-corrected chi connectivity index (χ0v) is 24.5. The Labute approximate surface area is 247 Å². The lowest BCUT2D eigenvalue weighted by Crippen LogP contribution is -2.41. The van der Waals surface area contributed by atoms with Crippen LogP contribution in [0.1, 0.15) is 36.0 Å². The van der Waals surface area contributed by atoms with Gasteiger partial charge in [-0.05, 0) is 73.3 Å². The maximum atomic E-state index is 6.81. The minimum atomic E-state index is 0.0255. The van der Waals surface area contributed by atoms with Crippen LogP contribution >= 0.6 is 11.6 Å². The Hall–Kier alpha value is -2.97. The molecule has 0 bridgehead atoms. The molecule has 2 saturated heterocycles. The Morgan fingerprint density at radius 1 is 0.902 bits per heavy atom. The van der Waals surface area contributed by atoms with E-state index in [1.54, 1.807) is 0 Å². The van der Waals surface area contributed by atoms with Crippen molar-refractivity contribution in [3.8, 4) is 34.1 Å². The second-order valence-corrected chi connectivity index (χ2v) is 11.4. The van der Waals surface area contributed by atoms with Gasteiger partial charge in [0.2, 0.25) is 0 Å². The summed E-state index contributed by atoms with van der Waals surface area (Å²) in [6.07, 6.45) is 3.79. The molecule has 218 valence electrons. The van der Waals surface area contributed by atoms with Gasteiger partial charge in [-0.15, -0.1) is 0 Å². The van der Waals surface area contributed by atoms with Crippen LogP contribution < -0.4 is 24.3 Å². The molecule has 2 fully saturated rings. The first-order valence-electron chi connectivity index (χ1n) is 14.8. The van der Waals surface area contributed by atoms with Gasteiger partial charge >= 0.3 is 0 Å². The van der Waals surface area contributed by atoms with Crippen LogP contribution in [0.4, 0.5) is 0 Å². The van der Waals surface area contributed by atoms with Gasteiger partial charge in [-0.25, -0.2) is 0 Å². The average Bonchev–Trinajstić information content (AvgIpc) is 3.01. The average molecular weight is 579 g/mol. The van der Waals surface area contributed by atoms with Crippen LogP contribution in [0.3, 0.4) is 0 Å². The molecule has 3 aliphatic heterocycles. The van der Waals surface area contributed by atoms with Gasteiger partial charge in [0.05, 0.1) is 11.6 Å². The van der Waals surface area contributed by atoms with Crippen LogP contribution in [0, 0.1) is 6.92 Å². The quantitative estimate of drug-likeness (QED) is 0.333. The molecule has 8 heteroatoms. The summed E-state index contributed by atoms with van der Waals surface area (Å²) in [5, 5.41) is 3.97. The van der Waals surface area contributed by atoms with Gasteiger partial charge in [0.25, 0.3) is 0 Å². The molecule has 0 radical (unpaired) electrons. The molecule has 3 heterocycles. The molecule has 3 aromatic carbocycles. The zero-order valence-electron chi connectivity index (χ0n) is 23.8. The molecule has 1 unspecified atom stereocenters. The van der Waals surface area contributed by atoms with E-state index < -0.39 is 0 Å². The second-order valence-electron chi connectivity index (χ2n) is 11.0. The first-order valence-corrected chi connectivity index (χ1v) is 15.1. The van der Waals surface area contributed by atoms with E-state index >= 15 is 0 Å². The maximum absolute atomic E-state index is 6.81. The number of halogens is 1. The predicted octanol–water partition coefficient (Wildman–Crippen LogP) is 6.02. The maximum Gasteiger partial charge on any atom is 0.161 e. The molecule has 0 aromatic heterocycles. The molecule has 0 amide bonds. The van der Waals surface area contributed by atoms with E-state index in [9.17, 15) is 0 Å². The van der Waals surface area contributed by atoms with Gasteiger partial charge in [0, 0.05) is 31.3 Å². The number of rotatable bonds is 9. The van der Waals surface area contributed by atoms with Crippen molar-refractivity contribution in [3.63, 3.8) is 0 Å². The number of benzene rings is 3. The van der Waals surface area contributed by atoms with Crippen LogP contribution in [0.15, 0.2) is 48.5 Å². The van der Waals surface area contributed by atoms with E-state index in [-0.39, 0.29) is 6.10 Å². The highest BCUT2D eigenvalue weighted by Crippen LogP contribution is 2.38. The van der Waals surface area contributed by atoms with Gasteiger partial charge in [0.15, 0.2) is 11.5 Å². The minimum Gasteiger partial charge on any atom is -0.490 e. The number of hydrogen-bond acceptors (Lipinski definition) is 7. The molecule has 0 spiro atoms. The van der Waals surface area contributed by atoms with Gasteiger partial charge in [-0.2, -0.15) is 0 Å². The van der Waals surface area contributed by atoms with E-state index in [0.717, 1.165) is 77.8 Å². The second kappa shape index (κ2) is 13.3. The highest BCUT2D eigenvalue weighted by Gasteiger charge is 2.20. The van der Waals surface area contributed by atoms with Crippen molar-refractivity contribution in [2.45, 2.75) is 45.4 Å². The summed E-state index contributed by atoms with van der Waals surface area (Å²) >= 11 is 6.81. The van der Waals surface area contributed by atoms with E-state index in [1.807, 2.05) is 18.2 Å². The van der Waals surface area contributed by atoms with Crippen molar-refractivity contribution in [2.75, 3.05) is 52.6 Å². The third-order valence-corrected chi connectivity index (χ3v) is 8.36. The van der Waals surface area contributed by atoms with Gasteiger partial charge in [-0.3, -0.25) is 4.90 Å². The summed E-state index contributed by atoms with van der Waals surface area (Å²) in [4.78, 5) is 2.48. The first-order chi connectivity index (χ1) is 20.1. The highest BCUT2D eigenvalue weighted by molar-refractivity contribution is 6.32. The van der Waals surface area contributed by atoms with E-state index in [0.29, 0.717) is 43.8 Å². The topological polar surface area (TPSA) is 61.4 Å². The number of ether oxygens (including phenoxy) is 5. The lowest BCUT2D eigenvalue weighted by atomic mass is 9.96. The van der Waals surface area contributed by atoms with Crippen LogP contribution in [0.2, 0.25) is 5.02 Å². The molecule has 1 atom stereocenters. The molecular weight excluding hydrogens is 540 g/mol. The number of likely N-dealkylation sites (tertiary alicyclic amines) is 1. The van der Waals surface area contributed by atoms with Gasteiger partial charge < -0.3 is 29.0 Å². The summed E-state index contributed by atoms with van der Waals surface area (Å²) in [7, 11) is 0. The van der Waals surface area contributed by atoms with Crippen molar-refractivity contribution >= 4 is 11.6 Å². The summed E-state index contributed by atoms with van der Waals surface area (Å²) in [5.74, 6) is 3.01. The Morgan fingerprint density at radius 3 is 2.59 bits per heavy atom. The third-order valence-electron chi connectivity index (χ3n) is 8.07. The minimum absolute atomic E-state index is 0.0255. The Morgan fingerprint density at radius 2 is 1.76 bits per heavy atom. The lowest BCUT2D eigenvalue weighted by Gasteiger charge is -2.28. The lowest BCUT2D eigenvalue weighted by molar-refractivity contribution is -0.000189. The highest BCUT2D eigenvalue weighted by atomic mass is 35.5. The zero-order chi connectivity index (χ0) is 28.0. The fraction of sp³-hybridized carbons (Fsp3) is 0.455. The van der Waals surface area contributed by atoms with Crippen LogP contribution in [-0.4, -0.2) is 63.6 Å². The Kier molecular flexibility index (Phi) is 9.16. The smallest absolute Gasteiger partial charge is 0.161 e. The first kappa shape index (κ1) is 28.2. The number of morpholine rings is 1. The van der Waals surface area contributed by atoms with Gasteiger partial charge in [-0.1, -0.05) is 42.3 Å². The fourth-order valence-electron chi connectivity index (χ4n) is 5.73. The van der Waals surface area contributed by atoms with Crippen molar-refractivity contribution in [1.29, 1.82) is 0 Å². The molecule has 3 aliphatic rings. The Balaban J connectivity index is 1.20. The van der Waals surface area contributed by atoms with E-state index in [1.165, 1.54) is 19.3 Å². The molecular formula is C33H39ClN2O5. The largest absolute Gasteiger partial charge is 0.490 e. The number of nitrogens with one attached hydrogen (secondary N) is 1. The molecule has 3 aromatic rings. The third kappa shape index (κ3) is 6.92. The van der Waals surface area contributed by atoms with Gasteiger partial charge in [0.1, 0.15) is 44.0 Å². The van der Waals surface area contributed by atoms with E-state index in [4.69, 9.17) is 35.3 Å². The standard InChI is InChI=1S/C33H39ClN2O5/c1-23-25(6-5-7-28(23)24-8-9-30-33(17-24)39-15-14-38-30)21-40-32-18-31(41-22-27-19-35-10-13-37-27)26(16-29(32)34)20-36-11-3-2-4-12-36/h5-9,16-18,27,35H,2-4,10-15,19-22H2,1H3. The Bertz CT molecular complexity index is 1340. The summed E-state index contributed by atoms with van der Waals surface area (Å²) in [6, 6.07) is 16.4. The summed E-state index contributed by atoms with van der Waals surface area (Å²) in [5.41, 5.74) is 5.56. The molecule has 6 rings (SSSR count). The number of hydrogen-bond donors (Lipinski definition) is 1. The molecule has 0 aliphatic carbocycles. The molecule has 0 saturated carbocycles. The number of nitrogens with zero attached hydrogens (tertiary/aromatic N) is 1. The van der Waals surface area contributed by atoms with Crippen LogP contribution in [0.5, 0.6) is 23.0 Å². The van der Waals surface area contributed by atoms with Crippen molar-refractivity contribution in [3.05, 3.63) is 70.2 Å². The number of fused-ring (bicyclic) bond motifs is 1. The van der Waals surface area contributed by atoms with Crippen LogP contribution in [0.25, 0.3) is 11.1 Å². The van der Waals surface area contributed by atoms with Crippen molar-refractivity contribution < 1.29 is 23.7 Å². The number of piperidine rings is 1. The molecule has 7 nitrogen and oxygen atoms in total. The predicted molar refractivity (Wildman–Crippen MR) is 161 cm³/mol. The van der Waals surface area contributed by atoms with Crippen molar-refractivity contribution in [1.82, 2.24) is 10.2 Å². The summed E-state index contributed by atoms with van der Waals surface area (Å²) < 4.78 is 30.1. The van der Waals surface area contributed by atoms with E-state index in [2.05, 4.69) is 47.5 Å². The monoisotopic (exact) mass is 578 g/mol. The SMILES string of the molecule is Cc1c(COc2cc(OCC3CNCCO3)c(CN3CCCCC3)cc2Cl)cccc1-c1ccc2c(c1)OCCO2. The molecule has 1 N–H and O–H groups in total. The normalized spacial score (nSPS) is 19.1. The van der Waals surface area contributed by atoms with Crippen molar-refractivity contribution in [2.24, 2.45) is 0 Å². The molecule has 41 heavy (non-hydrogen) atoms. The van der Waals surface area contributed by atoms with Crippen LogP contribution in [-0.2, 0) is 17.9 Å².